The molecule has 3 nitrogen and oxygen atoms in total. The first-order chi connectivity index (χ1) is 8.11. The first-order valence-corrected chi connectivity index (χ1v) is 7.14. The van der Waals surface area contributed by atoms with E-state index in [-0.39, 0.29) is 11.9 Å². The maximum Gasteiger partial charge on any atom is 0.221 e. The van der Waals surface area contributed by atoms with Crippen molar-refractivity contribution in [2.75, 3.05) is 6.54 Å². The van der Waals surface area contributed by atoms with Crippen LogP contribution in [0.25, 0.3) is 0 Å². The molecule has 1 amide bonds. The standard InChI is InChI=1S/C14H28N2O/c1-3-13(15)10-14(17)16-9-8-12-6-4-11(2)5-7-12/h11-13H,3-10,15H2,1-2H3,(H,16,17). The minimum atomic E-state index is 0.0190. The molecular weight excluding hydrogens is 212 g/mol. The molecule has 0 spiro atoms. The highest BCUT2D eigenvalue weighted by Gasteiger charge is 2.18. The van der Waals surface area contributed by atoms with E-state index in [1.807, 2.05) is 6.92 Å². The van der Waals surface area contributed by atoms with Gasteiger partial charge in [0.1, 0.15) is 0 Å². The van der Waals surface area contributed by atoms with Gasteiger partial charge in [-0.1, -0.05) is 39.5 Å². The number of amides is 1. The van der Waals surface area contributed by atoms with Crippen molar-refractivity contribution < 1.29 is 4.79 Å². The molecule has 0 saturated heterocycles. The van der Waals surface area contributed by atoms with Gasteiger partial charge in [-0.2, -0.15) is 0 Å². The van der Waals surface area contributed by atoms with Crippen LogP contribution >= 0.6 is 0 Å². The SMILES string of the molecule is CCC(N)CC(=O)NCCC1CCC(C)CC1. The van der Waals surface area contributed by atoms with Gasteiger partial charge in [0.2, 0.25) is 5.91 Å². The quantitative estimate of drug-likeness (QED) is 0.749. The average molecular weight is 240 g/mol. The van der Waals surface area contributed by atoms with Crippen LogP contribution in [0, 0.1) is 11.8 Å². The molecule has 0 radical (unpaired) electrons. The molecule has 1 atom stereocenters. The molecule has 100 valence electrons. The monoisotopic (exact) mass is 240 g/mol. The number of hydrogen-bond donors (Lipinski definition) is 2. The molecule has 1 saturated carbocycles. The zero-order chi connectivity index (χ0) is 12.7. The van der Waals surface area contributed by atoms with Gasteiger partial charge in [0.25, 0.3) is 0 Å². The maximum absolute atomic E-state index is 11.5. The van der Waals surface area contributed by atoms with Gasteiger partial charge < -0.3 is 11.1 Å². The second-order valence-electron chi connectivity index (χ2n) is 5.64. The van der Waals surface area contributed by atoms with Crippen LogP contribution in [0.5, 0.6) is 0 Å². The lowest BCUT2D eigenvalue weighted by Crippen LogP contribution is -2.32. The van der Waals surface area contributed by atoms with E-state index in [9.17, 15) is 4.79 Å². The number of nitrogens with two attached hydrogens (primary N) is 1. The summed E-state index contributed by atoms with van der Waals surface area (Å²) < 4.78 is 0. The Hall–Kier alpha value is -0.570. The van der Waals surface area contributed by atoms with Crippen LogP contribution in [0.15, 0.2) is 0 Å². The maximum atomic E-state index is 11.5. The average Bonchev–Trinajstić information content (AvgIpc) is 2.31. The van der Waals surface area contributed by atoms with Crippen LogP contribution in [0.4, 0.5) is 0 Å². The van der Waals surface area contributed by atoms with E-state index >= 15 is 0 Å². The van der Waals surface area contributed by atoms with Crippen molar-refractivity contribution in [1.82, 2.24) is 5.32 Å². The van der Waals surface area contributed by atoms with Crippen LogP contribution in [0.3, 0.4) is 0 Å². The third kappa shape index (κ3) is 6.06. The third-order valence-corrected chi connectivity index (χ3v) is 3.98. The third-order valence-electron chi connectivity index (χ3n) is 3.98. The van der Waals surface area contributed by atoms with Crippen LogP contribution in [-0.2, 0) is 4.79 Å². The molecule has 1 rings (SSSR count). The first kappa shape index (κ1) is 14.5. The molecule has 3 heteroatoms. The second-order valence-corrected chi connectivity index (χ2v) is 5.64. The Labute approximate surface area is 106 Å². The van der Waals surface area contributed by atoms with Crippen molar-refractivity contribution in [2.45, 2.75) is 64.8 Å². The van der Waals surface area contributed by atoms with E-state index in [1.165, 1.54) is 25.7 Å². The molecule has 17 heavy (non-hydrogen) atoms. The minimum absolute atomic E-state index is 0.0190. The molecule has 0 heterocycles. The Morgan fingerprint density at radius 3 is 2.59 bits per heavy atom. The molecule has 1 aliphatic rings. The molecule has 0 aromatic rings. The van der Waals surface area contributed by atoms with Crippen molar-refractivity contribution in [1.29, 1.82) is 0 Å². The molecule has 0 aliphatic heterocycles. The molecule has 0 bridgehead atoms. The number of carbonyl (C=O) groups is 1. The summed E-state index contributed by atoms with van der Waals surface area (Å²) >= 11 is 0. The Kier molecular flexibility index (Phi) is 6.56. The predicted octanol–water partition coefficient (Wildman–Crippen LogP) is 2.45. The lowest BCUT2D eigenvalue weighted by Gasteiger charge is -2.26. The van der Waals surface area contributed by atoms with Crippen LogP contribution in [-0.4, -0.2) is 18.5 Å². The molecule has 0 aromatic carbocycles. The van der Waals surface area contributed by atoms with Gasteiger partial charge >= 0.3 is 0 Å². The van der Waals surface area contributed by atoms with Crippen molar-refractivity contribution in [3.63, 3.8) is 0 Å². The molecule has 0 aromatic heterocycles. The number of hydrogen-bond acceptors (Lipinski definition) is 2. The fourth-order valence-electron chi connectivity index (χ4n) is 2.49. The molecule has 1 aliphatic carbocycles. The second kappa shape index (κ2) is 7.70. The molecule has 1 fully saturated rings. The van der Waals surface area contributed by atoms with E-state index in [2.05, 4.69) is 12.2 Å². The topological polar surface area (TPSA) is 55.1 Å². The molecule has 1 unspecified atom stereocenters. The molecule has 3 N–H and O–H groups in total. The van der Waals surface area contributed by atoms with Gasteiger partial charge in [-0.3, -0.25) is 4.79 Å². The van der Waals surface area contributed by atoms with Gasteiger partial charge in [-0.05, 0) is 24.7 Å². The van der Waals surface area contributed by atoms with Crippen LogP contribution in [0.1, 0.15) is 58.8 Å². The van der Waals surface area contributed by atoms with Crippen molar-refractivity contribution in [3.05, 3.63) is 0 Å². The summed E-state index contributed by atoms with van der Waals surface area (Å²) in [7, 11) is 0. The number of rotatable bonds is 6. The van der Waals surface area contributed by atoms with Crippen LogP contribution in [0.2, 0.25) is 0 Å². The number of nitrogens with one attached hydrogen (secondary N) is 1. The van der Waals surface area contributed by atoms with Crippen molar-refractivity contribution >= 4 is 5.91 Å². The van der Waals surface area contributed by atoms with Gasteiger partial charge in [0.05, 0.1) is 0 Å². The first-order valence-electron chi connectivity index (χ1n) is 7.14. The minimum Gasteiger partial charge on any atom is -0.356 e. The van der Waals surface area contributed by atoms with E-state index in [4.69, 9.17) is 5.73 Å². The Morgan fingerprint density at radius 1 is 1.35 bits per heavy atom. The highest BCUT2D eigenvalue weighted by molar-refractivity contribution is 5.76. The summed E-state index contributed by atoms with van der Waals surface area (Å²) in [5.74, 6) is 1.85. The highest BCUT2D eigenvalue weighted by atomic mass is 16.1. The van der Waals surface area contributed by atoms with Gasteiger partial charge in [-0.25, -0.2) is 0 Å². The summed E-state index contributed by atoms with van der Waals surface area (Å²) in [5, 5.41) is 2.99. The summed E-state index contributed by atoms with van der Waals surface area (Å²) in [5.41, 5.74) is 5.74. The summed E-state index contributed by atoms with van der Waals surface area (Å²) in [6.45, 7) is 5.18. The predicted molar refractivity (Wildman–Crippen MR) is 71.6 cm³/mol. The lowest BCUT2D eigenvalue weighted by molar-refractivity contribution is -0.121. The Balaban J connectivity index is 2.05. The van der Waals surface area contributed by atoms with Crippen molar-refractivity contribution in [2.24, 2.45) is 17.6 Å². The number of carbonyl (C=O) groups excluding carboxylic acids is 1. The van der Waals surface area contributed by atoms with E-state index in [0.29, 0.717) is 6.42 Å². The highest BCUT2D eigenvalue weighted by Crippen LogP contribution is 2.29. The molecular formula is C14H28N2O. The van der Waals surface area contributed by atoms with Gasteiger partial charge in [0.15, 0.2) is 0 Å². The zero-order valence-corrected chi connectivity index (χ0v) is 11.4. The summed E-state index contributed by atoms with van der Waals surface area (Å²) in [6.07, 6.45) is 7.88. The van der Waals surface area contributed by atoms with Gasteiger partial charge in [0, 0.05) is 19.0 Å². The fourth-order valence-corrected chi connectivity index (χ4v) is 2.49. The summed E-state index contributed by atoms with van der Waals surface area (Å²) in [4.78, 5) is 11.5. The largest absolute Gasteiger partial charge is 0.356 e. The zero-order valence-electron chi connectivity index (χ0n) is 11.4. The van der Waals surface area contributed by atoms with E-state index < -0.39 is 0 Å². The van der Waals surface area contributed by atoms with Gasteiger partial charge in [-0.15, -0.1) is 0 Å². The Bertz CT molecular complexity index is 222. The summed E-state index contributed by atoms with van der Waals surface area (Å²) in [6, 6.07) is 0.0190. The van der Waals surface area contributed by atoms with E-state index in [0.717, 1.165) is 31.2 Å². The van der Waals surface area contributed by atoms with E-state index in [1.54, 1.807) is 0 Å². The fraction of sp³-hybridized carbons (Fsp3) is 0.929. The Morgan fingerprint density at radius 2 is 2.00 bits per heavy atom. The van der Waals surface area contributed by atoms with Crippen LogP contribution < -0.4 is 11.1 Å². The van der Waals surface area contributed by atoms with Crippen molar-refractivity contribution in [3.8, 4) is 0 Å². The lowest BCUT2D eigenvalue weighted by atomic mass is 9.81. The normalized spacial score (nSPS) is 26.5. The smallest absolute Gasteiger partial charge is 0.221 e.